The van der Waals surface area contributed by atoms with Crippen molar-refractivity contribution in [2.75, 3.05) is 0 Å². The maximum atomic E-state index is 6.70. The number of benzene rings is 23. The van der Waals surface area contributed by atoms with Gasteiger partial charge in [-0.05, 0) is 207 Å². The smallest absolute Gasteiger partial charge is 0.164 e. The normalized spacial score (nSPS) is 11.5. The number of furan rings is 3. The highest BCUT2D eigenvalue weighted by molar-refractivity contribution is 6.19. The molecule has 686 valence electrons. The van der Waals surface area contributed by atoms with E-state index in [1.807, 2.05) is 84.9 Å². The summed E-state index contributed by atoms with van der Waals surface area (Å²) in [4.78, 5) is 46.2. The Hall–Kier alpha value is -20.0. The van der Waals surface area contributed by atoms with Crippen molar-refractivity contribution in [3.63, 3.8) is 0 Å². The molecule has 0 unspecified atom stereocenters. The summed E-state index contributed by atoms with van der Waals surface area (Å²) in [5, 5.41) is 19.9. The van der Waals surface area contributed by atoms with E-state index < -0.39 is 0 Å². The summed E-state index contributed by atoms with van der Waals surface area (Å²) in [6, 6.07) is 174. The van der Waals surface area contributed by atoms with Crippen LogP contribution in [0.15, 0.2) is 517 Å². The molecule has 12 nitrogen and oxygen atoms in total. The molecule has 29 rings (SSSR count). The molecule has 0 saturated heterocycles. The fraction of sp³-hybridized carbons (Fsp3) is 0. The number of rotatable bonds is 14. The van der Waals surface area contributed by atoms with E-state index in [2.05, 4.69) is 419 Å². The van der Waals surface area contributed by atoms with Crippen LogP contribution in [0.3, 0.4) is 0 Å². The standard InChI is InChI=1S/C47H29N3O.C45H27N3O.C43H27N3O/c1-2-11-30(12-3-1)35-17-10-18-36(27-35)39-25-26-41(43-40-19-8-9-20-42(40)51-44(39)43)47-49-45(37-23-21-31-13-4-6-15-33(31)28-37)48-46(50-47)38-24-22-32-14-5-7-16-34(32)29-38;1-4-12-31-25-34(20-17-28(31)9-1)37-23-24-39(41-38-15-7-8-16-40(38)49-42(37)41)45-47-43(35-21-18-29-10-2-5-13-32(29)26-35)46-44(48-45)36-22-19-30-11-3-6-14-33(30)27-36;1-3-12-28(13-4-1)32-18-11-19-33(26-32)35-24-25-37(39-36-20-9-10-21-38(36)47-40(35)39)43-45-41(30-15-5-2-6-16-30)44-42(46-43)34-23-22-29-14-7-8-17-31(29)27-34/h1-29H;1-27H;1-27H. The van der Waals surface area contributed by atoms with Crippen LogP contribution in [-0.2, 0) is 0 Å². The van der Waals surface area contributed by atoms with Crippen LogP contribution in [0.1, 0.15) is 0 Å². The van der Waals surface area contributed by atoms with Crippen molar-refractivity contribution in [2.24, 2.45) is 0 Å². The average molecular weight is 1880 g/mol. The van der Waals surface area contributed by atoms with Crippen LogP contribution in [-0.4, -0.2) is 44.9 Å². The molecule has 23 aromatic carbocycles. The number of nitrogens with zero attached hydrogens (tertiary/aromatic N) is 9. The van der Waals surface area contributed by atoms with Crippen molar-refractivity contribution in [1.82, 2.24) is 44.9 Å². The molecule has 0 amide bonds. The third-order valence-electron chi connectivity index (χ3n) is 27.9. The maximum Gasteiger partial charge on any atom is 0.164 e. The zero-order valence-electron chi connectivity index (χ0n) is 79.2. The zero-order valence-corrected chi connectivity index (χ0v) is 79.2. The lowest BCUT2D eigenvalue weighted by Crippen LogP contribution is -2.00. The predicted molar refractivity (Wildman–Crippen MR) is 602 cm³/mol. The molecule has 6 aromatic heterocycles. The fourth-order valence-electron chi connectivity index (χ4n) is 20.6. The summed E-state index contributed by atoms with van der Waals surface area (Å²) in [6.07, 6.45) is 0. The van der Waals surface area contributed by atoms with Gasteiger partial charge < -0.3 is 13.3 Å². The van der Waals surface area contributed by atoms with Gasteiger partial charge in [0.05, 0.1) is 0 Å². The van der Waals surface area contributed by atoms with Crippen molar-refractivity contribution in [2.45, 2.75) is 0 Å². The quantitative estimate of drug-likeness (QED) is 0.102. The summed E-state index contributed by atoms with van der Waals surface area (Å²) < 4.78 is 20.0. The van der Waals surface area contributed by atoms with Crippen LogP contribution in [0, 0.1) is 0 Å². The molecular weight excluding hydrogens is 1800 g/mol. The van der Waals surface area contributed by atoms with Gasteiger partial charge in [0.2, 0.25) is 0 Å². The topological polar surface area (TPSA) is 155 Å². The molecule has 0 fully saturated rings. The summed E-state index contributed by atoms with van der Waals surface area (Å²) >= 11 is 0. The van der Waals surface area contributed by atoms with Crippen molar-refractivity contribution in [1.29, 1.82) is 0 Å². The van der Waals surface area contributed by atoms with Gasteiger partial charge in [-0.1, -0.05) is 400 Å². The van der Waals surface area contributed by atoms with Gasteiger partial charge in [0, 0.05) is 99.1 Å². The Morgan fingerprint density at radius 1 is 0.116 bits per heavy atom. The first-order chi connectivity index (χ1) is 72.8. The number of para-hydroxylation sites is 3. The number of fused-ring (bicyclic) bond motifs is 15. The first-order valence-electron chi connectivity index (χ1n) is 49.2. The van der Waals surface area contributed by atoms with Crippen LogP contribution in [0.2, 0.25) is 0 Å². The van der Waals surface area contributed by atoms with E-state index in [9.17, 15) is 0 Å². The van der Waals surface area contributed by atoms with Crippen LogP contribution < -0.4 is 0 Å². The van der Waals surface area contributed by atoms with Crippen LogP contribution in [0.4, 0.5) is 0 Å². The second kappa shape index (κ2) is 36.9. The molecular formula is C135H83N9O3. The van der Waals surface area contributed by atoms with Gasteiger partial charge >= 0.3 is 0 Å². The molecule has 0 atom stereocenters. The van der Waals surface area contributed by atoms with E-state index in [-0.39, 0.29) is 0 Å². The molecule has 29 aromatic rings. The Bertz CT molecular complexity index is 10100. The molecule has 12 heteroatoms. The van der Waals surface area contributed by atoms with E-state index in [0.29, 0.717) is 52.4 Å². The second-order valence-corrected chi connectivity index (χ2v) is 36.9. The monoisotopic (exact) mass is 1880 g/mol. The highest BCUT2D eigenvalue weighted by Gasteiger charge is 2.27. The summed E-state index contributed by atoms with van der Waals surface area (Å²) in [5.74, 6) is 5.53. The minimum Gasteiger partial charge on any atom is -0.455 e. The van der Waals surface area contributed by atoms with Gasteiger partial charge in [-0.15, -0.1) is 0 Å². The highest BCUT2D eigenvalue weighted by Crippen LogP contribution is 2.48. The molecule has 0 bridgehead atoms. The molecule has 0 aliphatic heterocycles. The number of hydrogen-bond acceptors (Lipinski definition) is 12. The van der Waals surface area contributed by atoms with Gasteiger partial charge in [0.25, 0.3) is 0 Å². The fourth-order valence-corrected chi connectivity index (χ4v) is 20.6. The molecule has 6 heterocycles. The van der Waals surface area contributed by atoms with Gasteiger partial charge in [-0.2, -0.15) is 0 Å². The first-order valence-corrected chi connectivity index (χ1v) is 49.2. The first kappa shape index (κ1) is 86.2. The largest absolute Gasteiger partial charge is 0.455 e. The van der Waals surface area contributed by atoms with Crippen molar-refractivity contribution in [3.05, 3.63) is 504 Å². The molecule has 0 N–H and O–H groups in total. The van der Waals surface area contributed by atoms with Crippen molar-refractivity contribution < 1.29 is 13.3 Å². The van der Waals surface area contributed by atoms with E-state index in [4.69, 9.17) is 58.1 Å². The summed E-state index contributed by atoms with van der Waals surface area (Å²) in [7, 11) is 0. The van der Waals surface area contributed by atoms with E-state index >= 15 is 0 Å². The summed E-state index contributed by atoms with van der Waals surface area (Å²) in [6.45, 7) is 0. The van der Waals surface area contributed by atoms with Crippen molar-refractivity contribution >= 4 is 130 Å². The van der Waals surface area contributed by atoms with E-state index in [1.54, 1.807) is 0 Å². The third kappa shape index (κ3) is 16.4. The van der Waals surface area contributed by atoms with Gasteiger partial charge in [0.15, 0.2) is 52.4 Å². The Morgan fingerprint density at radius 2 is 0.313 bits per heavy atom. The maximum absolute atomic E-state index is 6.70. The van der Waals surface area contributed by atoms with Crippen molar-refractivity contribution in [3.8, 4) is 158 Å². The molecule has 0 radical (unpaired) electrons. The lowest BCUT2D eigenvalue weighted by atomic mass is 9.95. The Morgan fingerprint density at radius 3 is 0.599 bits per heavy atom. The van der Waals surface area contributed by atoms with E-state index in [1.165, 1.54) is 48.8 Å². The third-order valence-corrected chi connectivity index (χ3v) is 27.9. The number of hydrogen-bond donors (Lipinski definition) is 0. The molecule has 0 saturated carbocycles. The lowest BCUT2D eigenvalue weighted by Gasteiger charge is -2.12. The average Bonchev–Trinajstić information content (AvgIpc) is 1.67. The lowest BCUT2D eigenvalue weighted by molar-refractivity contribution is 0.669. The number of aromatic nitrogens is 9. The Balaban J connectivity index is 0.000000109. The SMILES string of the molecule is c1ccc(-c2cccc(-c3ccc(-c4nc(-c5ccc6ccccc6c5)nc(-c5ccc6ccccc6c5)n4)c4c3oc3ccccc34)c2)cc1.c1ccc(-c2cccc(-c3ccc(-c4nc(-c5ccccc5)nc(-c5ccc6ccccc6c5)n4)c4c3oc3ccccc34)c2)cc1.c1ccc2cc(-c3nc(-c4ccc5ccccc5c4)nc(-c4ccc(-c5ccc6ccccc6c5)c5oc6ccccc6c45)n3)ccc2c1. The summed E-state index contributed by atoms with van der Waals surface area (Å²) in [5.41, 5.74) is 24.2. The van der Waals surface area contributed by atoms with Gasteiger partial charge in [-0.3, -0.25) is 0 Å². The van der Waals surface area contributed by atoms with Crippen LogP contribution >= 0.6 is 0 Å². The predicted octanol–water partition coefficient (Wildman–Crippen LogP) is 35.6. The Labute approximate surface area is 844 Å². The van der Waals surface area contributed by atoms with Crippen LogP contribution in [0.25, 0.3) is 289 Å². The van der Waals surface area contributed by atoms with Crippen LogP contribution in [0.5, 0.6) is 0 Å². The minimum atomic E-state index is 0.595. The molecule has 0 spiro atoms. The molecule has 0 aliphatic rings. The molecule has 147 heavy (non-hydrogen) atoms. The van der Waals surface area contributed by atoms with Gasteiger partial charge in [-0.25, -0.2) is 44.9 Å². The highest BCUT2D eigenvalue weighted by atomic mass is 16.3. The van der Waals surface area contributed by atoms with Gasteiger partial charge in [0.1, 0.15) is 33.5 Å². The zero-order chi connectivity index (χ0) is 97.2. The Kier molecular flexibility index (Phi) is 21.6. The molecule has 0 aliphatic carbocycles. The second-order valence-electron chi connectivity index (χ2n) is 36.9. The minimum absolute atomic E-state index is 0.595. The van der Waals surface area contributed by atoms with E-state index in [0.717, 1.165) is 187 Å².